The third-order valence-electron chi connectivity index (χ3n) is 4.67. The minimum absolute atomic E-state index is 0.00440. The number of aryl methyl sites for hydroxylation is 1. The van der Waals surface area contributed by atoms with E-state index in [1.165, 1.54) is 12.1 Å². The van der Waals surface area contributed by atoms with E-state index in [4.69, 9.17) is 0 Å². The first-order valence-corrected chi connectivity index (χ1v) is 7.05. The van der Waals surface area contributed by atoms with Crippen molar-refractivity contribution in [2.24, 2.45) is 0 Å². The molecule has 112 valence electrons. The van der Waals surface area contributed by atoms with Gasteiger partial charge < -0.3 is 0 Å². The van der Waals surface area contributed by atoms with E-state index < -0.39 is 17.6 Å². The number of benzene rings is 2. The summed E-state index contributed by atoms with van der Waals surface area (Å²) in [5, 5.41) is 0. The maximum absolute atomic E-state index is 13.4. The molecule has 0 saturated heterocycles. The lowest BCUT2D eigenvalue weighted by molar-refractivity contribution is -0.151. The molecule has 1 heterocycles. The number of amides is 1. The van der Waals surface area contributed by atoms with E-state index in [2.05, 4.69) is 0 Å². The molecule has 0 N–H and O–H groups in total. The van der Waals surface area contributed by atoms with Crippen LogP contribution in [0.4, 0.5) is 18.9 Å². The Bertz CT molecular complexity index is 783. The van der Waals surface area contributed by atoms with E-state index in [0.717, 1.165) is 5.56 Å². The largest absolute Gasteiger partial charge is 0.491 e. The summed E-state index contributed by atoms with van der Waals surface area (Å²) in [6, 6.07) is 13.5. The summed E-state index contributed by atoms with van der Waals surface area (Å²) in [7, 11) is 0. The van der Waals surface area contributed by atoms with Crippen molar-refractivity contribution < 1.29 is 18.0 Å². The van der Waals surface area contributed by atoms with Gasteiger partial charge in [0.05, 0.1) is 5.69 Å². The predicted octanol–water partition coefficient (Wildman–Crippen LogP) is 3.79. The minimum atomic E-state index is -4.71. The first kappa shape index (κ1) is 13.4. The van der Waals surface area contributed by atoms with Crippen molar-refractivity contribution in [3.63, 3.8) is 0 Å². The molecule has 0 fully saturated rings. The first-order valence-electron chi connectivity index (χ1n) is 7.05. The number of fused-ring (bicyclic) bond motifs is 4. The van der Waals surface area contributed by atoms with Gasteiger partial charge in [0.2, 0.25) is 5.91 Å². The fourth-order valence-electron chi connectivity index (χ4n) is 3.81. The standard InChI is InChI=1S/C17H12F3NO/c18-17(19,20)21-14-8-4-3-7-13(14)16(15(21)22)10-9-11-5-1-2-6-12(11)16/h1-8H,9-10H2. The van der Waals surface area contributed by atoms with Crippen molar-refractivity contribution >= 4 is 11.6 Å². The van der Waals surface area contributed by atoms with Crippen molar-refractivity contribution in [2.45, 2.75) is 24.6 Å². The zero-order valence-corrected chi connectivity index (χ0v) is 11.5. The van der Waals surface area contributed by atoms with Crippen LogP contribution in [0.25, 0.3) is 0 Å². The highest BCUT2D eigenvalue weighted by Gasteiger charge is 2.60. The fourth-order valence-corrected chi connectivity index (χ4v) is 3.81. The summed E-state index contributed by atoms with van der Waals surface area (Å²) in [5.74, 6) is -0.883. The van der Waals surface area contributed by atoms with Crippen molar-refractivity contribution in [3.05, 3.63) is 65.2 Å². The Hall–Kier alpha value is -2.30. The SMILES string of the molecule is O=C1N(C(F)(F)F)c2ccccc2C12CCc1ccccc12. The number of alkyl halides is 3. The highest BCUT2D eigenvalue weighted by atomic mass is 19.4. The monoisotopic (exact) mass is 303 g/mol. The zero-order valence-electron chi connectivity index (χ0n) is 11.5. The Kier molecular flexibility index (Phi) is 2.50. The van der Waals surface area contributed by atoms with Crippen molar-refractivity contribution in [2.75, 3.05) is 4.90 Å². The first-order chi connectivity index (χ1) is 10.5. The molecule has 22 heavy (non-hydrogen) atoms. The smallest absolute Gasteiger partial charge is 0.273 e. The summed E-state index contributed by atoms with van der Waals surface area (Å²) in [6.45, 7) is 0. The van der Waals surface area contributed by atoms with Gasteiger partial charge in [-0.25, -0.2) is 4.90 Å². The molecule has 5 heteroatoms. The lowest BCUT2D eigenvalue weighted by Gasteiger charge is -2.26. The molecule has 0 radical (unpaired) electrons. The van der Waals surface area contributed by atoms with Gasteiger partial charge in [-0.15, -0.1) is 13.2 Å². The number of carbonyl (C=O) groups excluding carboxylic acids is 1. The molecule has 1 unspecified atom stereocenters. The van der Waals surface area contributed by atoms with Crippen LogP contribution >= 0.6 is 0 Å². The Morgan fingerprint density at radius 3 is 2.32 bits per heavy atom. The Morgan fingerprint density at radius 1 is 0.955 bits per heavy atom. The summed E-state index contributed by atoms with van der Waals surface area (Å²) in [6.07, 6.45) is -3.72. The van der Waals surface area contributed by atoms with Crippen molar-refractivity contribution in [1.82, 2.24) is 0 Å². The van der Waals surface area contributed by atoms with Crippen LogP contribution in [0.2, 0.25) is 0 Å². The van der Waals surface area contributed by atoms with Crippen LogP contribution in [-0.4, -0.2) is 12.2 Å². The number of hydrogen-bond donors (Lipinski definition) is 0. The number of halogens is 3. The highest BCUT2D eigenvalue weighted by Crippen LogP contribution is 2.55. The average Bonchev–Trinajstić information content (AvgIpc) is 2.98. The van der Waals surface area contributed by atoms with Crippen LogP contribution in [0.5, 0.6) is 0 Å². The van der Waals surface area contributed by atoms with E-state index in [1.54, 1.807) is 24.3 Å². The zero-order chi connectivity index (χ0) is 15.5. The van der Waals surface area contributed by atoms with Gasteiger partial charge in [0, 0.05) is 0 Å². The molecule has 1 amide bonds. The predicted molar refractivity (Wildman–Crippen MR) is 75.5 cm³/mol. The van der Waals surface area contributed by atoms with Gasteiger partial charge in [-0.2, -0.15) is 0 Å². The molecule has 1 atom stereocenters. The second-order valence-electron chi connectivity index (χ2n) is 5.69. The van der Waals surface area contributed by atoms with E-state index in [9.17, 15) is 18.0 Å². The molecule has 4 rings (SSSR count). The van der Waals surface area contributed by atoms with Gasteiger partial charge in [-0.3, -0.25) is 4.79 Å². The molecule has 0 bridgehead atoms. The summed E-state index contributed by atoms with van der Waals surface area (Å²) in [5.41, 5.74) is 0.885. The Labute approximate surface area is 125 Å². The molecular formula is C17H12F3NO. The number of rotatable bonds is 0. The molecular weight excluding hydrogens is 291 g/mol. The molecule has 2 aromatic rings. The number of carbonyl (C=O) groups is 1. The van der Waals surface area contributed by atoms with Crippen LogP contribution < -0.4 is 4.90 Å². The maximum atomic E-state index is 13.4. The molecule has 1 aliphatic heterocycles. The highest BCUT2D eigenvalue weighted by molar-refractivity contribution is 6.11. The van der Waals surface area contributed by atoms with Crippen LogP contribution in [-0.2, 0) is 16.6 Å². The van der Waals surface area contributed by atoms with Crippen LogP contribution in [0, 0.1) is 0 Å². The molecule has 1 aliphatic carbocycles. The molecule has 2 nitrogen and oxygen atoms in total. The Balaban J connectivity index is 2.02. The van der Waals surface area contributed by atoms with Gasteiger partial charge in [0.15, 0.2) is 0 Å². The molecule has 2 aromatic carbocycles. The summed E-state index contributed by atoms with van der Waals surface area (Å²) >= 11 is 0. The van der Waals surface area contributed by atoms with Gasteiger partial charge in [-0.05, 0) is 35.6 Å². The summed E-state index contributed by atoms with van der Waals surface area (Å²) in [4.78, 5) is 12.8. The van der Waals surface area contributed by atoms with Gasteiger partial charge >= 0.3 is 6.30 Å². The van der Waals surface area contributed by atoms with E-state index in [-0.39, 0.29) is 10.6 Å². The third kappa shape index (κ3) is 1.48. The Morgan fingerprint density at radius 2 is 1.59 bits per heavy atom. The molecule has 0 saturated carbocycles. The number of hydrogen-bond acceptors (Lipinski definition) is 1. The van der Waals surface area contributed by atoms with E-state index in [1.807, 2.05) is 12.1 Å². The number of nitrogens with zero attached hydrogens (tertiary/aromatic N) is 1. The van der Waals surface area contributed by atoms with Gasteiger partial charge in [0.25, 0.3) is 0 Å². The quantitative estimate of drug-likeness (QED) is 0.678. The summed E-state index contributed by atoms with van der Waals surface area (Å²) < 4.78 is 40.2. The van der Waals surface area contributed by atoms with Crippen LogP contribution in [0.15, 0.2) is 48.5 Å². The molecule has 0 aromatic heterocycles. The number of anilines is 1. The number of para-hydroxylation sites is 1. The third-order valence-corrected chi connectivity index (χ3v) is 4.67. The molecule has 1 spiro atoms. The lowest BCUT2D eigenvalue weighted by Crippen LogP contribution is -2.46. The second kappa shape index (κ2) is 4.12. The van der Waals surface area contributed by atoms with Gasteiger partial charge in [-0.1, -0.05) is 42.5 Å². The van der Waals surface area contributed by atoms with Crippen molar-refractivity contribution in [1.29, 1.82) is 0 Å². The topological polar surface area (TPSA) is 20.3 Å². The van der Waals surface area contributed by atoms with Crippen LogP contribution in [0.1, 0.15) is 23.1 Å². The minimum Gasteiger partial charge on any atom is -0.273 e. The normalized spacial score (nSPS) is 23.0. The average molecular weight is 303 g/mol. The second-order valence-corrected chi connectivity index (χ2v) is 5.69. The van der Waals surface area contributed by atoms with Crippen LogP contribution in [0.3, 0.4) is 0 Å². The lowest BCUT2D eigenvalue weighted by atomic mass is 9.76. The fraction of sp³-hybridized carbons (Fsp3) is 0.235. The van der Waals surface area contributed by atoms with Crippen molar-refractivity contribution in [3.8, 4) is 0 Å². The van der Waals surface area contributed by atoms with E-state index in [0.29, 0.717) is 24.0 Å². The van der Waals surface area contributed by atoms with Gasteiger partial charge in [0.1, 0.15) is 5.41 Å². The maximum Gasteiger partial charge on any atom is 0.491 e. The molecule has 2 aliphatic rings. The van der Waals surface area contributed by atoms with E-state index >= 15 is 0 Å².